The summed E-state index contributed by atoms with van der Waals surface area (Å²) in [4.78, 5) is 9.66. The molecule has 0 aliphatic rings. The van der Waals surface area contributed by atoms with Crippen LogP contribution in [0.3, 0.4) is 0 Å². The van der Waals surface area contributed by atoms with Crippen LogP contribution in [0.25, 0.3) is 0 Å². The fraction of sp³-hybridized carbons (Fsp3) is 0.143. The molecule has 0 aliphatic heterocycles. The predicted octanol–water partition coefficient (Wildman–Crippen LogP) is 2.91. The van der Waals surface area contributed by atoms with Gasteiger partial charge in [0.25, 0.3) is 11.4 Å². The average molecular weight is 205 g/mol. The zero-order valence-corrected chi connectivity index (χ0v) is 7.13. The van der Waals surface area contributed by atoms with Gasteiger partial charge in [0.2, 0.25) is 0 Å². The van der Waals surface area contributed by atoms with E-state index in [0.717, 1.165) is 0 Å². The molecule has 0 fully saturated rings. The van der Waals surface area contributed by atoms with Gasteiger partial charge >= 0.3 is 0 Å². The van der Waals surface area contributed by atoms with Crippen LogP contribution < -0.4 is 0 Å². The van der Waals surface area contributed by atoms with E-state index in [0.29, 0.717) is 0 Å². The van der Waals surface area contributed by atoms with E-state index >= 15 is 0 Å². The summed E-state index contributed by atoms with van der Waals surface area (Å²) in [7, 11) is 0. The van der Waals surface area contributed by atoms with E-state index in [1.165, 1.54) is 24.3 Å². The summed E-state index contributed by atoms with van der Waals surface area (Å²) >= 11 is 0.178. The molecule has 0 saturated heterocycles. The Balaban J connectivity index is 2.98. The highest BCUT2D eigenvalue weighted by Gasteiger charge is 2.16. The van der Waals surface area contributed by atoms with Crippen molar-refractivity contribution in [3.05, 3.63) is 34.4 Å². The SMILES string of the molecule is O=[N+]([O-])c1ccccc1SC(F)F. The lowest BCUT2D eigenvalue weighted by Crippen LogP contribution is -1.91. The van der Waals surface area contributed by atoms with Gasteiger partial charge in [0.1, 0.15) is 0 Å². The lowest BCUT2D eigenvalue weighted by molar-refractivity contribution is -0.387. The number of hydrogen-bond acceptors (Lipinski definition) is 3. The van der Waals surface area contributed by atoms with Crippen LogP contribution in [0.15, 0.2) is 29.2 Å². The predicted molar refractivity (Wildman–Crippen MR) is 45.0 cm³/mol. The molecule has 1 rings (SSSR count). The van der Waals surface area contributed by atoms with Gasteiger partial charge in [-0.15, -0.1) is 0 Å². The van der Waals surface area contributed by atoms with Crippen molar-refractivity contribution in [2.24, 2.45) is 0 Å². The van der Waals surface area contributed by atoms with Crippen molar-refractivity contribution in [3.63, 3.8) is 0 Å². The third kappa shape index (κ3) is 2.66. The summed E-state index contributed by atoms with van der Waals surface area (Å²) < 4.78 is 23.8. The molecule has 0 radical (unpaired) electrons. The topological polar surface area (TPSA) is 43.1 Å². The van der Waals surface area contributed by atoms with Crippen LogP contribution in [-0.4, -0.2) is 10.7 Å². The number of benzene rings is 1. The van der Waals surface area contributed by atoms with Gasteiger partial charge in [-0.1, -0.05) is 12.1 Å². The van der Waals surface area contributed by atoms with E-state index in [1.54, 1.807) is 0 Å². The van der Waals surface area contributed by atoms with Crippen molar-refractivity contribution in [3.8, 4) is 0 Å². The Morgan fingerprint density at radius 1 is 1.38 bits per heavy atom. The van der Waals surface area contributed by atoms with Crippen LogP contribution in [0, 0.1) is 10.1 Å². The van der Waals surface area contributed by atoms with Crippen molar-refractivity contribution in [1.29, 1.82) is 0 Å². The second-order valence-corrected chi connectivity index (χ2v) is 3.14. The van der Waals surface area contributed by atoms with Crippen LogP contribution in [0.5, 0.6) is 0 Å². The van der Waals surface area contributed by atoms with E-state index in [9.17, 15) is 18.9 Å². The summed E-state index contributed by atoms with van der Waals surface area (Å²) in [6, 6.07) is 5.42. The first-order valence-corrected chi connectivity index (χ1v) is 4.17. The molecule has 1 aromatic rings. The Hall–Kier alpha value is -1.17. The number of nitrogens with zero attached hydrogens (tertiary/aromatic N) is 1. The van der Waals surface area contributed by atoms with Gasteiger partial charge in [0, 0.05) is 6.07 Å². The number of halogens is 2. The summed E-state index contributed by atoms with van der Waals surface area (Å²) in [6.07, 6.45) is 0. The van der Waals surface area contributed by atoms with Crippen molar-refractivity contribution in [1.82, 2.24) is 0 Å². The summed E-state index contributed by atoms with van der Waals surface area (Å²) in [5, 5.41) is 10.4. The number of nitro groups is 1. The van der Waals surface area contributed by atoms with Gasteiger partial charge in [0.15, 0.2) is 0 Å². The molecule has 0 heterocycles. The quantitative estimate of drug-likeness (QED) is 0.433. The molecule has 1 aromatic carbocycles. The largest absolute Gasteiger partial charge is 0.289 e. The van der Waals surface area contributed by atoms with Gasteiger partial charge < -0.3 is 0 Å². The van der Waals surface area contributed by atoms with Crippen molar-refractivity contribution >= 4 is 17.4 Å². The Labute approximate surface area is 76.9 Å². The molecule has 6 heteroatoms. The van der Waals surface area contributed by atoms with Gasteiger partial charge in [-0.2, -0.15) is 8.78 Å². The number of alkyl halides is 2. The Morgan fingerprint density at radius 2 is 2.00 bits per heavy atom. The number of hydrogen-bond donors (Lipinski definition) is 0. The highest BCUT2D eigenvalue weighted by molar-refractivity contribution is 7.99. The van der Waals surface area contributed by atoms with E-state index < -0.39 is 10.7 Å². The number of thioether (sulfide) groups is 1. The van der Waals surface area contributed by atoms with E-state index in [2.05, 4.69) is 0 Å². The third-order valence-electron chi connectivity index (χ3n) is 1.28. The standard InChI is InChI=1S/C7H5F2NO2S/c8-7(9)13-6-4-2-1-3-5(6)10(11)12/h1-4,7H. The fourth-order valence-corrected chi connectivity index (χ4v) is 1.42. The Kier molecular flexibility index (Phi) is 3.18. The molecule has 0 unspecified atom stereocenters. The van der Waals surface area contributed by atoms with Gasteiger partial charge in [-0.3, -0.25) is 10.1 Å². The molecule has 13 heavy (non-hydrogen) atoms. The van der Waals surface area contributed by atoms with Crippen molar-refractivity contribution in [2.75, 3.05) is 0 Å². The second kappa shape index (κ2) is 4.18. The van der Waals surface area contributed by atoms with E-state index in [4.69, 9.17) is 0 Å². The molecular weight excluding hydrogens is 200 g/mol. The highest BCUT2D eigenvalue weighted by Crippen LogP contribution is 2.32. The lowest BCUT2D eigenvalue weighted by Gasteiger charge is -1.99. The first kappa shape index (κ1) is 9.91. The molecule has 0 N–H and O–H groups in total. The summed E-state index contributed by atoms with van der Waals surface area (Å²) in [5.74, 6) is -2.64. The molecule has 0 bridgehead atoms. The molecule has 0 spiro atoms. The molecule has 70 valence electrons. The van der Waals surface area contributed by atoms with E-state index in [1.807, 2.05) is 0 Å². The maximum absolute atomic E-state index is 11.9. The molecule has 0 amide bonds. The first-order chi connectivity index (χ1) is 6.11. The van der Waals surface area contributed by atoms with Crippen LogP contribution in [-0.2, 0) is 0 Å². The maximum Gasteiger partial charge on any atom is 0.289 e. The third-order valence-corrected chi connectivity index (χ3v) is 2.06. The fourth-order valence-electron chi connectivity index (χ4n) is 0.804. The van der Waals surface area contributed by atoms with Gasteiger partial charge in [-0.25, -0.2) is 0 Å². The Morgan fingerprint density at radius 3 is 2.54 bits per heavy atom. The normalized spacial score (nSPS) is 10.4. The number of para-hydroxylation sites is 1. The van der Waals surface area contributed by atoms with Crippen molar-refractivity contribution < 1.29 is 13.7 Å². The second-order valence-electron chi connectivity index (χ2n) is 2.10. The highest BCUT2D eigenvalue weighted by atomic mass is 32.2. The Bertz CT molecular complexity index is 319. The molecule has 3 nitrogen and oxygen atoms in total. The van der Waals surface area contributed by atoms with Gasteiger partial charge in [0.05, 0.1) is 9.82 Å². The maximum atomic E-state index is 11.9. The monoisotopic (exact) mass is 205 g/mol. The van der Waals surface area contributed by atoms with Crippen LogP contribution in [0.1, 0.15) is 0 Å². The zero-order valence-electron chi connectivity index (χ0n) is 6.31. The zero-order chi connectivity index (χ0) is 9.84. The minimum atomic E-state index is -2.64. The average Bonchev–Trinajstić information content (AvgIpc) is 2.03. The van der Waals surface area contributed by atoms with Crippen LogP contribution in [0.4, 0.5) is 14.5 Å². The summed E-state index contributed by atoms with van der Waals surface area (Å²) in [6.45, 7) is 0. The van der Waals surface area contributed by atoms with Crippen molar-refractivity contribution in [2.45, 2.75) is 10.7 Å². The smallest absolute Gasteiger partial charge is 0.258 e. The van der Waals surface area contributed by atoms with Crippen LogP contribution >= 0.6 is 11.8 Å². The van der Waals surface area contributed by atoms with E-state index in [-0.39, 0.29) is 22.3 Å². The minimum Gasteiger partial charge on any atom is -0.258 e. The molecular formula is C7H5F2NO2S. The van der Waals surface area contributed by atoms with Crippen LogP contribution in [0.2, 0.25) is 0 Å². The minimum absolute atomic E-state index is 0.0116. The first-order valence-electron chi connectivity index (χ1n) is 3.29. The molecule has 0 atom stereocenters. The lowest BCUT2D eigenvalue weighted by atomic mass is 10.3. The number of nitro benzene ring substituents is 1. The number of rotatable bonds is 3. The molecule has 0 aromatic heterocycles. The molecule has 0 saturated carbocycles. The summed E-state index contributed by atoms with van der Waals surface area (Å²) in [5.41, 5.74) is -0.284. The molecule has 0 aliphatic carbocycles. The van der Waals surface area contributed by atoms with Gasteiger partial charge in [-0.05, 0) is 17.8 Å².